The average Bonchev–Trinajstić information content (AvgIpc) is 3.25. The quantitative estimate of drug-likeness (QED) is 0.544. The first kappa shape index (κ1) is 17.8. The van der Waals surface area contributed by atoms with Crippen LogP contribution in [0.4, 0.5) is 5.69 Å². The molecule has 1 amide bonds. The minimum Gasteiger partial charge on any atom is -0.497 e. The molecule has 0 aliphatic heterocycles. The van der Waals surface area contributed by atoms with Crippen LogP contribution in [0.1, 0.15) is 10.5 Å². The van der Waals surface area contributed by atoms with Crippen molar-refractivity contribution in [3.8, 4) is 27.7 Å². The summed E-state index contributed by atoms with van der Waals surface area (Å²) in [6.07, 6.45) is 3.17. The lowest BCUT2D eigenvalue weighted by molar-refractivity contribution is 0.102. The molecule has 0 bridgehead atoms. The highest BCUT2D eigenvalue weighted by molar-refractivity contribution is 7.13. The Morgan fingerprint density at radius 3 is 2.36 bits per heavy atom. The Morgan fingerprint density at radius 1 is 0.964 bits per heavy atom. The molecule has 4 aromatic rings. The number of carbonyl (C=O) groups excluding carboxylic acids is 1. The molecular weight excluding hydrogens is 372 g/mol. The number of carbonyl (C=O) groups is 1. The van der Waals surface area contributed by atoms with E-state index >= 15 is 0 Å². The summed E-state index contributed by atoms with van der Waals surface area (Å²) in [6.45, 7) is 0. The van der Waals surface area contributed by atoms with Gasteiger partial charge in [0.05, 0.1) is 25.2 Å². The first-order chi connectivity index (χ1) is 13.7. The summed E-state index contributed by atoms with van der Waals surface area (Å²) in [5.74, 6) is 1.08. The minimum atomic E-state index is -0.299. The number of hydrogen-bond donors (Lipinski definition) is 1. The maximum Gasteiger partial charge on any atom is 0.275 e. The number of amides is 1. The molecule has 7 heteroatoms. The van der Waals surface area contributed by atoms with Crippen LogP contribution in [-0.4, -0.2) is 28.0 Å². The van der Waals surface area contributed by atoms with E-state index in [4.69, 9.17) is 4.74 Å². The molecule has 0 saturated carbocycles. The van der Waals surface area contributed by atoms with E-state index in [-0.39, 0.29) is 5.91 Å². The summed E-state index contributed by atoms with van der Waals surface area (Å²) in [6, 6.07) is 17.2. The zero-order chi connectivity index (χ0) is 19.3. The third-order valence-electron chi connectivity index (χ3n) is 4.02. The number of nitrogens with zero attached hydrogens (tertiary/aromatic N) is 3. The van der Waals surface area contributed by atoms with Gasteiger partial charge in [-0.25, -0.2) is 15.0 Å². The smallest absolute Gasteiger partial charge is 0.275 e. The zero-order valence-corrected chi connectivity index (χ0v) is 15.8. The van der Waals surface area contributed by atoms with Crippen molar-refractivity contribution < 1.29 is 9.53 Å². The lowest BCUT2D eigenvalue weighted by Gasteiger charge is -2.04. The number of methoxy groups -OCH3 is 1. The maximum absolute atomic E-state index is 12.5. The maximum atomic E-state index is 12.5. The molecular formula is C21H16N4O2S. The average molecular weight is 388 g/mol. The number of benzene rings is 2. The van der Waals surface area contributed by atoms with Gasteiger partial charge in [0.1, 0.15) is 16.5 Å². The van der Waals surface area contributed by atoms with E-state index in [0.717, 1.165) is 21.9 Å². The van der Waals surface area contributed by atoms with Gasteiger partial charge >= 0.3 is 0 Å². The second kappa shape index (κ2) is 7.98. The van der Waals surface area contributed by atoms with E-state index in [1.807, 2.05) is 54.6 Å². The van der Waals surface area contributed by atoms with E-state index in [9.17, 15) is 4.79 Å². The monoisotopic (exact) mass is 388 g/mol. The summed E-state index contributed by atoms with van der Waals surface area (Å²) >= 11 is 1.41. The molecule has 0 aliphatic carbocycles. The van der Waals surface area contributed by atoms with Crippen LogP contribution in [0, 0.1) is 0 Å². The lowest BCUT2D eigenvalue weighted by atomic mass is 10.2. The Morgan fingerprint density at radius 2 is 1.68 bits per heavy atom. The zero-order valence-electron chi connectivity index (χ0n) is 15.0. The highest BCUT2D eigenvalue weighted by Crippen LogP contribution is 2.26. The molecule has 1 N–H and O–H groups in total. The number of aromatic nitrogens is 3. The summed E-state index contributed by atoms with van der Waals surface area (Å²) in [5.41, 5.74) is 2.72. The molecule has 2 aromatic heterocycles. The molecule has 0 radical (unpaired) electrons. The van der Waals surface area contributed by atoms with Gasteiger partial charge in [0.25, 0.3) is 5.91 Å². The van der Waals surface area contributed by atoms with E-state index in [2.05, 4.69) is 20.3 Å². The van der Waals surface area contributed by atoms with Crippen LogP contribution in [-0.2, 0) is 0 Å². The Hall–Kier alpha value is -3.58. The summed E-state index contributed by atoms with van der Waals surface area (Å²) in [5, 5.41) is 5.28. The Balaban J connectivity index is 1.46. The van der Waals surface area contributed by atoms with Crippen LogP contribution in [0.15, 0.2) is 72.4 Å². The van der Waals surface area contributed by atoms with Crippen LogP contribution in [0.25, 0.3) is 22.0 Å². The SMILES string of the molecule is COc1ccc(-c2nc(C(=O)Nc3cnc(-c4ccccc4)nc3)cs2)cc1. The highest BCUT2D eigenvalue weighted by Gasteiger charge is 2.13. The molecule has 4 rings (SSSR count). The molecule has 0 aliphatic rings. The molecule has 138 valence electrons. The molecule has 0 saturated heterocycles. The van der Waals surface area contributed by atoms with Gasteiger partial charge in [0, 0.05) is 16.5 Å². The predicted octanol–water partition coefficient (Wildman–Crippen LogP) is 4.53. The Bertz CT molecular complexity index is 1080. The lowest BCUT2D eigenvalue weighted by Crippen LogP contribution is -2.12. The molecule has 0 unspecified atom stereocenters. The van der Waals surface area contributed by atoms with Crippen molar-refractivity contribution in [3.63, 3.8) is 0 Å². The van der Waals surface area contributed by atoms with Crippen LogP contribution < -0.4 is 10.1 Å². The van der Waals surface area contributed by atoms with Gasteiger partial charge in [0.15, 0.2) is 5.82 Å². The van der Waals surface area contributed by atoms with Gasteiger partial charge in [-0.15, -0.1) is 11.3 Å². The third kappa shape index (κ3) is 3.89. The van der Waals surface area contributed by atoms with Crippen molar-refractivity contribution >= 4 is 22.9 Å². The number of rotatable bonds is 5. The second-order valence-corrected chi connectivity index (χ2v) is 6.74. The molecule has 0 fully saturated rings. The van der Waals surface area contributed by atoms with Gasteiger partial charge < -0.3 is 10.1 Å². The largest absolute Gasteiger partial charge is 0.497 e. The van der Waals surface area contributed by atoms with Gasteiger partial charge in [-0.05, 0) is 24.3 Å². The van der Waals surface area contributed by atoms with Crippen molar-refractivity contribution in [3.05, 3.63) is 78.1 Å². The number of anilines is 1. The molecule has 2 aromatic carbocycles. The van der Waals surface area contributed by atoms with E-state index < -0.39 is 0 Å². The van der Waals surface area contributed by atoms with Crippen LogP contribution in [0.3, 0.4) is 0 Å². The van der Waals surface area contributed by atoms with Crippen LogP contribution in [0.2, 0.25) is 0 Å². The van der Waals surface area contributed by atoms with Gasteiger partial charge in [0.2, 0.25) is 0 Å². The van der Waals surface area contributed by atoms with Gasteiger partial charge in [-0.2, -0.15) is 0 Å². The van der Waals surface area contributed by atoms with Crippen molar-refractivity contribution in [2.24, 2.45) is 0 Å². The summed E-state index contributed by atoms with van der Waals surface area (Å²) < 4.78 is 5.16. The number of ether oxygens (including phenoxy) is 1. The third-order valence-corrected chi connectivity index (χ3v) is 4.91. The second-order valence-electron chi connectivity index (χ2n) is 5.88. The van der Waals surface area contributed by atoms with E-state index in [0.29, 0.717) is 17.2 Å². The first-order valence-electron chi connectivity index (χ1n) is 8.52. The van der Waals surface area contributed by atoms with Crippen LogP contribution in [0.5, 0.6) is 5.75 Å². The van der Waals surface area contributed by atoms with Crippen molar-refractivity contribution in [1.82, 2.24) is 15.0 Å². The van der Waals surface area contributed by atoms with Crippen molar-refractivity contribution in [2.45, 2.75) is 0 Å². The minimum absolute atomic E-state index is 0.299. The predicted molar refractivity (Wildman–Crippen MR) is 110 cm³/mol. The van der Waals surface area contributed by atoms with Crippen molar-refractivity contribution in [1.29, 1.82) is 0 Å². The standard InChI is InChI=1S/C21H16N4O2S/c1-27-17-9-7-15(8-10-17)21-25-18(13-28-21)20(26)24-16-11-22-19(23-12-16)14-5-3-2-4-6-14/h2-13H,1H3,(H,24,26). The normalized spacial score (nSPS) is 10.5. The fraction of sp³-hybridized carbons (Fsp3) is 0.0476. The Labute approximate surface area is 165 Å². The topological polar surface area (TPSA) is 77.0 Å². The van der Waals surface area contributed by atoms with E-state index in [1.165, 1.54) is 11.3 Å². The summed E-state index contributed by atoms with van der Waals surface area (Å²) in [4.78, 5) is 25.5. The Kier molecular flexibility index (Phi) is 5.07. The number of nitrogens with one attached hydrogen (secondary N) is 1. The first-order valence-corrected chi connectivity index (χ1v) is 9.39. The fourth-order valence-electron chi connectivity index (χ4n) is 2.57. The van der Waals surface area contributed by atoms with Crippen molar-refractivity contribution in [2.75, 3.05) is 12.4 Å². The van der Waals surface area contributed by atoms with Gasteiger partial charge in [-0.3, -0.25) is 4.79 Å². The number of hydrogen-bond acceptors (Lipinski definition) is 6. The summed E-state index contributed by atoms with van der Waals surface area (Å²) in [7, 11) is 1.62. The molecule has 0 atom stereocenters. The molecule has 28 heavy (non-hydrogen) atoms. The van der Waals surface area contributed by atoms with E-state index in [1.54, 1.807) is 24.9 Å². The van der Waals surface area contributed by atoms with Gasteiger partial charge in [-0.1, -0.05) is 30.3 Å². The highest BCUT2D eigenvalue weighted by atomic mass is 32.1. The van der Waals surface area contributed by atoms with Crippen LogP contribution >= 0.6 is 11.3 Å². The molecule has 0 spiro atoms. The molecule has 6 nitrogen and oxygen atoms in total. The molecule has 2 heterocycles. The number of thiazole rings is 1. The fourth-order valence-corrected chi connectivity index (χ4v) is 3.37.